The minimum absolute atomic E-state index is 0.302. The first-order chi connectivity index (χ1) is 6.24. The molecule has 0 aliphatic carbocycles. The van der Waals surface area contributed by atoms with Gasteiger partial charge in [0.2, 0.25) is 0 Å². The molecule has 1 nitrogen and oxygen atoms in total. The van der Waals surface area contributed by atoms with Crippen LogP contribution in [0.4, 0.5) is 0 Å². The molecular formula is C9H6BrClOS. The van der Waals surface area contributed by atoms with Crippen LogP contribution in [0.5, 0.6) is 5.75 Å². The number of fused-ring (bicyclic) bond motifs is 1. The summed E-state index contributed by atoms with van der Waals surface area (Å²) in [5, 5.41) is 13.8. The van der Waals surface area contributed by atoms with Crippen molar-refractivity contribution in [2.24, 2.45) is 0 Å². The van der Waals surface area contributed by atoms with Crippen molar-refractivity contribution in [2.75, 3.05) is 0 Å². The summed E-state index contributed by atoms with van der Waals surface area (Å²) in [5.41, 5.74) is 1.11. The number of aromatic hydroxyl groups is 1. The molecule has 0 amide bonds. The molecule has 0 fully saturated rings. The number of alkyl halides is 1. The number of rotatable bonds is 1. The molecule has 1 N–H and O–H groups in total. The molecule has 0 aliphatic heterocycles. The maximum absolute atomic E-state index is 9.54. The molecule has 0 unspecified atom stereocenters. The predicted octanol–water partition coefficient (Wildman–Crippen LogP) is 4.16. The third-order valence-electron chi connectivity index (χ3n) is 1.89. The van der Waals surface area contributed by atoms with E-state index in [4.69, 9.17) is 11.6 Å². The van der Waals surface area contributed by atoms with Crippen molar-refractivity contribution < 1.29 is 5.11 Å². The quantitative estimate of drug-likeness (QED) is 0.776. The molecule has 2 rings (SSSR count). The summed E-state index contributed by atoms with van der Waals surface area (Å²) in [6.45, 7) is 0. The molecule has 4 heteroatoms. The molecule has 0 atom stereocenters. The van der Waals surface area contributed by atoms with Crippen LogP contribution in [0.2, 0.25) is 5.02 Å². The molecule has 0 bridgehead atoms. The van der Waals surface area contributed by atoms with Gasteiger partial charge in [0, 0.05) is 16.1 Å². The maximum Gasteiger partial charge on any atom is 0.133 e. The molecule has 2 aromatic rings. The second-order valence-corrected chi connectivity index (χ2v) is 4.51. The van der Waals surface area contributed by atoms with E-state index in [1.807, 2.05) is 11.4 Å². The fourth-order valence-corrected chi connectivity index (χ4v) is 3.03. The molecule has 1 aromatic heterocycles. The van der Waals surface area contributed by atoms with Crippen LogP contribution in [0.15, 0.2) is 17.5 Å². The lowest BCUT2D eigenvalue weighted by atomic mass is 10.1. The van der Waals surface area contributed by atoms with Crippen molar-refractivity contribution >= 4 is 49.0 Å². The highest BCUT2D eigenvalue weighted by Gasteiger charge is 2.09. The van der Waals surface area contributed by atoms with E-state index in [0.29, 0.717) is 10.8 Å². The van der Waals surface area contributed by atoms with Crippen LogP contribution >= 0.6 is 38.9 Å². The third kappa shape index (κ3) is 1.45. The smallest absolute Gasteiger partial charge is 0.133 e. The zero-order chi connectivity index (χ0) is 9.42. The van der Waals surface area contributed by atoms with Gasteiger partial charge in [-0.1, -0.05) is 33.6 Å². The molecule has 0 saturated heterocycles. The zero-order valence-corrected chi connectivity index (χ0v) is 9.71. The first kappa shape index (κ1) is 9.31. The van der Waals surface area contributed by atoms with Gasteiger partial charge in [-0.3, -0.25) is 0 Å². The van der Waals surface area contributed by atoms with Crippen molar-refractivity contribution in [1.82, 2.24) is 0 Å². The van der Waals surface area contributed by atoms with Crippen molar-refractivity contribution in [2.45, 2.75) is 5.33 Å². The molecule has 13 heavy (non-hydrogen) atoms. The highest BCUT2D eigenvalue weighted by Crippen LogP contribution is 2.38. The third-order valence-corrected chi connectivity index (χ3v) is 3.92. The normalized spacial score (nSPS) is 10.9. The summed E-state index contributed by atoms with van der Waals surface area (Å²) >= 11 is 10.9. The molecule has 0 spiro atoms. The van der Waals surface area contributed by atoms with Crippen molar-refractivity contribution in [1.29, 1.82) is 0 Å². The van der Waals surface area contributed by atoms with Crippen LogP contribution in [0.3, 0.4) is 0 Å². The monoisotopic (exact) mass is 276 g/mol. The van der Waals surface area contributed by atoms with E-state index in [1.165, 1.54) is 11.3 Å². The number of phenolic OH excluding ortho intramolecular Hbond substituents is 1. The Bertz CT molecular complexity index is 452. The van der Waals surface area contributed by atoms with Gasteiger partial charge in [0.1, 0.15) is 5.75 Å². The number of halogens is 2. The summed E-state index contributed by atoms with van der Waals surface area (Å²) < 4.78 is 0.863. The Hall–Kier alpha value is -0.250. The highest BCUT2D eigenvalue weighted by atomic mass is 79.9. The van der Waals surface area contributed by atoms with E-state index in [-0.39, 0.29) is 0 Å². The first-order valence-corrected chi connectivity index (χ1v) is 6.05. The molecule has 0 saturated carbocycles. The van der Waals surface area contributed by atoms with Crippen LogP contribution in [0, 0.1) is 0 Å². The van der Waals surface area contributed by atoms with E-state index in [9.17, 15) is 5.11 Å². The Kier molecular flexibility index (Phi) is 2.49. The SMILES string of the molecule is Oc1ccc(CBr)c2c(Cl)csc12. The van der Waals surface area contributed by atoms with E-state index in [0.717, 1.165) is 21.0 Å². The van der Waals surface area contributed by atoms with Crippen LogP contribution < -0.4 is 0 Å². The minimum atomic E-state index is 0.302. The van der Waals surface area contributed by atoms with Gasteiger partial charge < -0.3 is 5.11 Å². The van der Waals surface area contributed by atoms with Crippen molar-refractivity contribution in [3.63, 3.8) is 0 Å². The fourth-order valence-electron chi connectivity index (χ4n) is 1.27. The van der Waals surface area contributed by atoms with Crippen LogP contribution in [0.25, 0.3) is 10.1 Å². The Morgan fingerprint density at radius 1 is 1.46 bits per heavy atom. The average Bonchev–Trinajstić information content (AvgIpc) is 2.51. The van der Waals surface area contributed by atoms with Gasteiger partial charge in [0.25, 0.3) is 0 Å². The van der Waals surface area contributed by atoms with E-state index >= 15 is 0 Å². The number of hydrogen-bond donors (Lipinski definition) is 1. The summed E-state index contributed by atoms with van der Waals surface area (Å²) in [6.07, 6.45) is 0. The maximum atomic E-state index is 9.54. The molecular weight excluding hydrogens is 272 g/mol. The second-order valence-electron chi connectivity index (χ2n) is 2.67. The van der Waals surface area contributed by atoms with Gasteiger partial charge in [0.05, 0.1) is 9.72 Å². The first-order valence-electron chi connectivity index (χ1n) is 3.67. The zero-order valence-electron chi connectivity index (χ0n) is 6.55. The van der Waals surface area contributed by atoms with Gasteiger partial charge in [-0.05, 0) is 11.6 Å². The summed E-state index contributed by atoms with van der Waals surface area (Å²) in [6, 6.07) is 3.58. The number of benzene rings is 1. The van der Waals surface area contributed by atoms with Crippen molar-refractivity contribution in [3.8, 4) is 5.75 Å². The summed E-state index contributed by atoms with van der Waals surface area (Å²) in [5.74, 6) is 0.302. The topological polar surface area (TPSA) is 20.2 Å². The van der Waals surface area contributed by atoms with Gasteiger partial charge in [-0.25, -0.2) is 0 Å². The van der Waals surface area contributed by atoms with Crippen LogP contribution in [0.1, 0.15) is 5.56 Å². The highest BCUT2D eigenvalue weighted by molar-refractivity contribution is 9.08. The molecule has 68 valence electrons. The number of hydrogen-bond acceptors (Lipinski definition) is 2. The Balaban J connectivity index is 2.88. The molecule has 0 aliphatic rings. The largest absolute Gasteiger partial charge is 0.506 e. The van der Waals surface area contributed by atoms with E-state index in [1.54, 1.807) is 6.07 Å². The standard InChI is InChI=1S/C9H6BrClOS/c10-3-5-1-2-7(12)9-8(5)6(11)4-13-9/h1-2,4,12H,3H2. The second kappa shape index (κ2) is 3.48. The average molecular weight is 278 g/mol. The molecule has 0 radical (unpaired) electrons. The van der Waals surface area contributed by atoms with E-state index in [2.05, 4.69) is 15.9 Å². The fraction of sp³-hybridized carbons (Fsp3) is 0.111. The van der Waals surface area contributed by atoms with Gasteiger partial charge in [-0.2, -0.15) is 0 Å². The Morgan fingerprint density at radius 3 is 2.92 bits per heavy atom. The lowest BCUT2D eigenvalue weighted by Gasteiger charge is -2.00. The van der Waals surface area contributed by atoms with Crippen LogP contribution in [-0.4, -0.2) is 5.11 Å². The Labute approximate surface area is 93.1 Å². The van der Waals surface area contributed by atoms with E-state index < -0.39 is 0 Å². The number of phenols is 1. The minimum Gasteiger partial charge on any atom is -0.506 e. The predicted molar refractivity (Wildman–Crippen MR) is 61.1 cm³/mol. The Morgan fingerprint density at radius 2 is 2.23 bits per heavy atom. The lowest BCUT2D eigenvalue weighted by molar-refractivity contribution is 0.482. The number of thiophene rings is 1. The van der Waals surface area contributed by atoms with Gasteiger partial charge >= 0.3 is 0 Å². The molecule has 1 aromatic carbocycles. The van der Waals surface area contributed by atoms with Gasteiger partial charge in [-0.15, -0.1) is 11.3 Å². The lowest BCUT2D eigenvalue weighted by Crippen LogP contribution is -1.78. The summed E-state index contributed by atoms with van der Waals surface area (Å²) in [7, 11) is 0. The van der Waals surface area contributed by atoms with Crippen molar-refractivity contribution in [3.05, 3.63) is 28.1 Å². The van der Waals surface area contributed by atoms with Crippen LogP contribution in [-0.2, 0) is 5.33 Å². The van der Waals surface area contributed by atoms with Gasteiger partial charge in [0.15, 0.2) is 0 Å². The summed E-state index contributed by atoms with van der Waals surface area (Å²) in [4.78, 5) is 0. The molecule has 1 heterocycles.